The van der Waals surface area contributed by atoms with Crippen LogP contribution in [0.25, 0.3) is 0 Å². The molecule has 2 amide bonds. The summed E-state index contributed by atoms with van der Waals surface area (Å²) in [5.41, 5.74) is 6.41. The molecule has 10 heteroatoms. The monoisotopic (exact) mass is 387 g/mol. The third kappa shape index (κ3) is 5.09. The summed E-state index contributed by atoms with van der Waals surface area (Å²) in [7, 11) is 0. The van der Waals surface area contributed by atoms with Crippen molar-refractivity contribution in [3.8, 4) is 0 Å². The normalized spacial score (nSPS) is 13.3. The van der Waals surface area contributed by atoms with Gasteiger partial charge >= 0.3 is 0 Å². The molecule has 8 nitrogen and oxygen atoms in total. The highest BCUT2D eigenvalue weighted by molar-refractivity contribution is 6.04. The van der Waals surface area contributed by atoms with E-state index in [-0.39, 0.29) is 49.7 Å². The van der Waals surface area contributed by atoms with Crippen molar-refractivity contribution in [1.29, 1.82) is 0 Å². The zero-order valence-electron chi connectivity index (χ0n) is 13.2. The molecule has 1 saturated heterocycles. The van der Waals surface area contributed by atoms with Crippen LogP contribution in [0.4, 0.5) is 11.5 Å². The Morgan fingerprint density at radius 1 is 1.40 bits per heavy atom. The second kappa shape index (κ2) is 9.26. The first kappa shape index (κ1) is 20.8. The molecule has 1 fully saturated rings. The summed E-state index contributed by atoms with van der Waals surface area (Å²) in [5.74, 6) is 0.935. The van der Waals surface area contributed by atoms with Crippen molar-refractivity contribution in [2.75, 3.05) is 29.9 Å². The average Bonchev–Trinajstić information content (AvgIpc) is 3.05. The van der Waals surface area contributed by atoms with E-state index in [9.17, 15) is 9.59 Å². The van der Waals surface area contributed by atoms with Crippen molar-refractivity contribution >= 4 is 48.1 Å². The summed E-state index contributed by atoms with van der Waals surface area (Å²) in [4.78, 5) is 29.6. The molecule has 3 rings (SSSR count). The first-order valence-electron chi connectivity index (χ1n) is 7.22. The number of amides is 2. The first-order chi connectivity index (χ1) is 11.2. The minimum absolute atomic E-state index is 0. The largest absolute Gasteiger partial charge is 0.467 e. The lowest BCUT2D eigenvalue weighted by atomic mass is 10.2. The number of pyridine rings is 1. The van der Waals surface area contributed by atoms with Crippen LogP contribution in [-0.2, 0) is 11.3 Å². The molecule has 3 heterocycles. The van der Waals surface area contributed by atoms with Crippen molar-refractivity contribution in [2.24, 2.45) is 5.73 Å². The van der Waals surface area contributed by atoms with Gasteiger partial charge in [0.1, 0.15) is 17.8 Å². The fourth-order valence-electron chi connectivity index (χ4n) is 2.29. The fourth-order valence-corrected chi connectivity index (χ4v) is 2.29. The minimum atomic E-state index is -0.291. The molecule has 4 N–H and O–H groups in total. The number of aromatic nitrogens is 1. The summed E-state index contributed by atoms with van der Waals surface area (Å²) in [6.07, 6.45) is 2.93. The standard InChI is InChI=1S/C15H17N5O3.2ClH/c16-6-12-5-10(9-23-12)15(22)19-11-1-2-13(18-7-11)20-4-3-17-14(21)8-20;;/h1-2,5,7,9H,3-4,6,8,16H2,(H,17,21)(H,19,22);2*1H. The van der Waals surface area contributed by atoms with Gasteiger partial charge in [-0.15, -0.1) is 24.8 Å². The summed E-state index contributed by atoms with van der Waals surface area (Å²) in [6.45, 7) is 1.84. The quantitative estimate of drug-likeness (QED) is 0.725. The number of piperazine rings is 1. The lowest BCUT2D eigenvalue weighted by Crippen LogP contribution is -2.48. The van der Waals surface area contributed by atoms with Crippen LogP contribution >= 0.6 is 24.8 Å². The molecule has 0 saturated carbocycles. The Morgan fingerprint density at radius 3 is 2.80 bits per heavy atom. The lowest BCUT2D eigenvalue weighted by Gasteiger charge is -2.27. The molecular formula is C15H19Cl2N5O3. The third-order valence-electron chi connectivity index (χ3n) is 3.49. The van der Waals surface area contributed by atoms with Gasteiger partial charge < -0.3 is 25.7 Å². The van der Waals surface area contributed by atoms with Gasteiger partial charge in [0.15, 0.2) is 0 Å². The number of nitrogens with zero attached hydrogens (tertiary/aromatic N) is 2. The summed E-state index contributed by atoms with van der Waals surface area (Å²) in [5, 5.41) is 5.50. The number of hydrogen-bond acceptors (Lipinski definition) is 6. The molecule has 2 aromatic rings. The Kier molecular flexibility index (Phi) is 7.69. The molecule has 0 unspecified atom stereocenters. The van der Waals surface area contributed by atoms with E-state index < -0.39 is 0 Å². The Hall–Kier alpha value is -2.29. The minimum Gasteiger partial charge on any atom is -0.467 e. The number of carbonyl (C=O) groups is 2. The molecule has 1 aliphatic heterocycles. The molecule has 0 bridgehead atoms. The number of nitrogens with two attached hydrogens (primary N) is 1. The van der Waals surface area contributed by atoms with Crippen molar-refractivity contribution in [3.63, 3.8) is 0 Å². The maximum absolute atomic E-state index is 12.1. The third-order valence-corrected chi connectivity index (χ3v) is 3.49. The van der Waals surface area contributed by atoms with Crippen molar-refractivity contribution in [2.45, 2.75) is 6.54 Å². The molecule has 0 aromatic carbocycles. The number of nitrogens with one attached hydrogen (secondary N) is 2. The number of carbonyl (C=O) groups excluding carboxylic acids is 2. The van der Waals surface area contributed by atoms with Crippen molar-refractivity contribution in [1.82, 2.24) is 10.3 Å². The van der Waals surface area contributed by atoms with Crippen molar-refractivity contribution in [3.05, 3.63) is 42.0 Å². The molecule has 1 aliphatic rings. The second-order valence-corrected chi connectivity index (χ2v) is 5.14. The van der Waals surface area contributed by atoms with E-state index in [2.05, 4.69) is 15.6 Å². The maximum atomic E-state index is 12.1. The van der Waals surface area contributed by atoms with Gasteiger partial charge in [-0.05, 0) is 18.2 Å². The van der Waals surface area contributed by atoms with Gasteiger partial charge in [-0.1, -0.05) is 0 Å². The average molecular weight is 388 g/mol. The highest BCUT2D eigenvalue weighted by Gasteiger charge is 2.17. The number of rotatable bonds is 4. The van der Waals surface area contributed by atoms with Gasteiger partial charge in [0.05, 0.1) is 30.5 Å². The van der Waals surface area contributed by atoms with Gasteiger partial charge in [0.2, 0.25) is 5.91 Å². The van der Waals surface area contributed by atoms with Gasteiger partial charge in [-0.25, -0.2) is 4.98 Å². The van der Waals surface area contributed by atoms with Crippen LogP contribution in [0, 0.1) is 0 Å². The highest BCUT2D eigenvalue weighted by Crippen LogP contribution is 2.16. The fraction of sp³-hybridized carbons (Fsp3) is 0.267. The topological polar surface area (TPSA) is 113 Å². The zero-order chi connectivity index (χ0) is 16.2. The molecular weight excluding hydrogens is 369 g/mol. The SMILES string of the molecule is Cl.Cl.NCc1cc(C(=O)Nc2ccc(N3CCNC(=O)C3)nc2)co1. The van der Waals surface area contributed by atoms with Crippen LogP contribution in [-0.4, -0.2) is 36.4 Å². The van der Waals surface area contributed by atoms with Crippen LogP contribution in [0.15, 0.2) is 35.1 Å². The molecule has 25 heavy (non-hydrogen) atoms. The maximum Gasteiger partial charge on any atom is 0.258 e. The van der Waals surface area contributed by atoms with Crippen LogP contribution in [0.3, 0.4) is 0 Å². The number of anilines is 2. The molecule has 2 aromatic heterocycles. The van der Waals surface area contributed by atoms with E-state index in [4.69, 9.17) is 10.2 Å². The van der Waals surface area contributed by atoms with Crippen LogP contribution in [0.2, 0.25) is 0 Å². The van der Waals surface area contributed by atoms with E-state index in [0.29, 0.717) is 35.9 Å². The lowest BCUT2D eigenvalue weighted by molar-refractivity contribution is -0.120. The van der Waals surface area contributed by atoms with Crippen LogP contribution in [0.5, 0.6) is 0 Å². The van der Waals surface area contributed by atoms with Gasteiger partial charge in [0.25, 0.3) is 5.91 Å². The number of hydrogen-bond donors (Lipinski definition) is 3. The van der Waals surface area contributed by atoms with E-state index >= 15 is 0 Å². The zero-order valence-corrected chi connectivity index (χ0v) is 14.9. The second-order valence-electron chi connectivity index (χ2n) is 5.14. The van der Waals surface area contributed by atoms with Gasteiger partial charge in [-0.3, -0.25) is 9.59 Å². The highest BCUT2D eigenvalue weighted by atomic mass is 35.5. The molecule has 0 spiro atoms. The summed E-state index contributed by atoms with van der Waals surface area (Å²) >= 11 is 0. The Bertz CT molecular complexity index is 720. The van der Waals surface area contributed by atoms with E-state index in [1.165, 1.54) is 6.26 Å². The van der Waals surface area contributed by atoms with Crippen LogP contribution < -0.4 is 21.3 Å². The predicted molar refractivity (Wildman–Crippen MR) is 98.5 cm³/mol. The molecule has 0 aliphatic carbocycles. The number of furan rings is 1. The van der Waals surface area contributed by atoms with E-state index in [1.807, 2.05) is 4.90 Å². The smallest absolute Gasteiger partial charge is 0.258 e. The Labute approximate surface area is 157 Å². The molecule has 136 valence electrons. The Morgan fingerprint density at radius 2 is 2.20 bits per heavy atom. The van der Waals surface area contributed by atoms with Crippen molar-refractivity contribution < 1.29 is 14.0 Å². The summed E-state index contributed by atoms with van der Waals surface area (Å²) < 4.78 is 5.14. The van der Waals surface area contributed by atoms with Gasteiger partial charge in [0, 0.05) is 13.1 Å². The summed E-state index contributed by atoms with van der Waals surface area (Å²) in [6, 6.07) is 5.12. The first-order valence-corrected chi connectivity index (χ1v) is 7.22. The number of halogens is 2. The van der Waals surface area contributed by atoms with E-state index in [1.54, 1.807) is 24.4 Å². The van der Waals surface area contributed by atoms with Gasteiger partial charge in [-0.2, -0.15) is 0 Å². The predicted octanol–water partition coefficient (Wildman–Crippen LogP) is 1.17. The molecule has 0 atom stereocenters. The Balaban J connectivity index is 0.00000156. The van der Waals surface area contributed by atoms with Crippen LogP contribution in [0.1, 0.15) is 16.1 Å². The van der Waals surface area contributed by atoms with E-state index in [0.717, 1.165) is 0 Å². The molecule has 0 radical (unpaired) electrons.